The molecule has 4 atom stereocenters. The maximum atomic E-state index is 12.8. The average Bonchev–Trinajstić information content (AvgIpc) is 3.20. The Labute approximate surface area is 330 Å². The summed E-state index contributed by atoms with van der Waals surface area (Å²) in [5.41, 5.74) is 2.34. The van der Waals surface area contributed by atoms with Gasteiger partial charge in [-0.05, 0) is 106 Å². The van der Waals surface area contributed by atoms with Crippen LogP contribution in [0.15, 0.2) is 85.5 Å². The molecule has 0 heterocycles. The van der Waals surface area contributed by atoms with Crippen molar-refractivity contribution in [2.75, 3.05) is 13.2 Å². The first kappa shape index (κ1) is 44.9. The van der Waals surface area contributed by atoms with Crippen molar-refractivity contribution >= 4 is 29.8 Å². The monoisotopic (exact) mass is 772 g/mol. The lowest BCUT2D eigenvalue weighted by Gasteiger charge is -2.19. The molecule has 0 fully saturated rings. The second kappa shape index (κ2) is 24.1. The SMILES string of the molecule is C=CCCCCCCCCCOc1ccc(-c2ccc(C(=O)Oc3ccc(C(=O)OC(C)C(=O)OC(C)C(=O)OC(C)C(=O)OCC(C)CC)cc3)cc2)cc1. The van der Waals surface area contributed by atoms with E-state index in [-0.39, 0.29) is 23.8 Å². The number of unbranched alkanes of at least 4 members (excludes halogenated alkanes) is 7. The number of hydrogen-bond acceptors (Lipinski definition) is 11. The predicted octanol–water partition coefficient (Wildman–Crippen LogP) is 9.26. The third-order valence-electron chi connectivity index (χ3n) is 9.00. The Morgan fingerprint density at radius 2 is 1.04 bits per heavy atom. The topological polar surface area (TPSA) is 141 Å². The molecule has 0 bridgehead atoms. The van der Waals surface area contributed by atoms with E-state index in [4.69, 9.17) is 28.4 Å². The van der Waals surface area contributed by atoms with Gasteiger partial charge in [0.25, 0.3) is 0 Å². The molecular weight excluding hydrogens is 716 g/mol. The van der Waals surface area contributed by atoms with Gasteiger partial charge in [0.05, 0.1) is 24.3 Å². The fourth-order valence-corrected chi connectivity index (χ4v) is 5.20. The fourth-order valence-electron chi connectivity index (χ4n) is 5.20. The van der Waals surface area contributed by atoms with Gasteiger partial charge in [-0.2, -0.15) is 0 Å². The van der Waals surface area contributed by atoms with Crippen LogP contribution in [0.1, 0.15) is 113 Å². The maximum Gasteiger partial charge on any atom is 0.348 e. The second-order valence-electron chi connectivity index (χ2n) is 13.8. The van der Waals surface area contributed by atoms with E-state index in [1.807, 2.05) is 56.3 Å². The molecular formula is C45H56O11. The summed E-state index contributed by atoms with van der Waals surface area (Å²) in [5, 5.41) is 0. The van der Waals surface area contributed by atoms with E-state index < -0.39 is 48.2 Å². The molecule has 302 valence electrons. The van der Waals surface area contributed by atoms with Gasteiger partial charge in [0.15, 0.2) is 18.3 Å². The van der Waals surface area contributed by atoms with Gasteiger partial charge in [-0.25, -0.2) is 24.0 Å². The summed E-state index contributed by atoms with van der Waals surface area (Å²) in [6.07, 6.45) is 8.46. The van der Waals surface area contributed by atoms with Crippen LogP contribution in [-0.4, -0.2) is 61.4 Å². The van der Waals surface area contributed by atoms with Crippen molar-refractivity contribution in [3.8, 4) is 22.6 Å². The van der Waals surface area contributed by atoms with E-state index in [0.717, 1.165) is 36.1 Å². The molecule has 56 heavy (non-hydrogen) atoms. The molecule has 0 saturated carbocycles. The van der Waals surface area contributed by atoms with E-state index in [0.29, 0.717) is 12.2 Å². The number of carbonyl (C=O) groups excluding carboxylic acids is 5. The maximum absolute atomic E-state index is 12.8. The van der Waals surface area contributed by atoms with Crippen molar-refractivity contribution in [2.24, 2.45) is 5.92 Å². The minimum atomic E-state index is -1.37. The average molecular weight is 773 g/mol. The third kappa shape index (κ3) is 15.7. The van der Waals surface area contributed by atoms with Crippen LogP contribution in [0.4, 0.5) is 0 Å². The van der Waals surface area contributed by atoms with Crippen molar-refractivity contribution < 1.29 is 52.4 Å². The highest BCUT2D eigenvalue weighted by atomic mass is 16.6. The Morgan fingerprint density at radius 3 is 1.61 bits per heavy atom. The van der Waals surface area contributed by atoms with Gasteiger partial charge < -0.3 is 28.4 Å². The summed E-state index contributed by atoms with van der Waals surface area (Å²) in [7, 11) is 0. The van der Waals surface area contributed by atoms with Crippen LogP contribution >= 0.6 is 0 Å². The summed E-state index contributed by atoms with van der Waals surface area (Å²) in [5.74, 6) is -2.90. The number of ether oxygens (including phenoxy) is 6. The number of hydrogen-bond donors (Lipinski definition) is 0. The van der Waals surface area contributed by atoms with E-state index in [2.05, 4.69) is 6.58 Å². The summed E-state index contributed by atoms with van der Waals surface area (Å²) in [6, 6.07) is 20.5. The van der Waals surface area contributed by atoms with Crippen LogP contribution in [0, 0.1) is 5.92 Å². The number of allylic oxidation sites excluding steroid dienone is 1. The molecule has 3 aromatic carbocycles. The highest BCUT2D eigenvalue weighted by Gasteiger charge is 2.29. The van der Waals surface area contributed by atoms with E-state index in [9.17, 15) is 24.0 Å². The van der Waals surface area contributed by atoms with Crippen LogP contribution in [-0.2, 0) is 33.3 Å². The predicted molar refractivity (Wildman–Crippen MR) is 212 cm³/mol. The van der Waals surface area contributed by atoms with Crippen molar-refractivity contribution in [2.45, 2.75) is 111 Å². The standard InChI is InChI=1S/C45H56O11/c1-7-9-10-11-12-13-14-15-16-29-51-39-25-21-36(22-26-39)35-17-19-37(20-18-35)45(50)56-40-27-23-38(24-28-40)44(49)55-34(6)43(48)54-33(5)42(47)53-32(4)41(46)52-30-31(3)8-2/h7,17-28,31-34H,1,8-16,29-30H2,2-6H3. The minimum Gasteiger partial charge on any atom is -0.494 e. The lowest BCUT2D eigenvalue weighted by Crippen LogP contribution is -2.36. The van der Waals surface area contributed by atoms with Gasteiger partial charge in [-0.15, -0.1) is 6.58 Å². The van der Waals surface area contributed by atoms with E-state index >= 15 is 0 Å². The van der Waals surface area contributed by atoms with Crippen molar-refractivity contribution in [3.63, 3.8) is 0 Å². The molecule has 11 heteroatoms. The van der Waals surface area contributed by atoms with Crippen LogP contribution < -0.4 is 9.47 Å². The summed E-state index contributed by atoms with van der Waals surface area (Å²) >= 11 is 0. The van der Waals surface area contributed by atoms with Crippen molar-refractivity contribution in [1.82, 2.24) is 0 Å². The second-order valence-corrected chi connectivity index (χ2v) is 13.8. The van der Waals surface area contributed by atoms with Gasteiger partial charge in [-0.1, -0.05) is 82.7 Å². The molecule has 0 aliphatic heterocycles. The molecule has 3 rings (SSSR count). The fraction of sp³-hybridized carbons (Fsp3) is 0.444. The Bertz CT molecular complexity index is 1700. The molecule has 0 spiro atoms. The normalized spacial score (nSPS) is 12.9. The Hall–Kier alpha value is -5.45. The van der Waals surface area contributed by atoms with E-state index in [1.165, 1.54) is 83.6 Å². The molecule has 0 amide bonds. The smallest absolute Gasteiger partial charge is 0.348 e. The Kier molecular flexibility index (Phi) is 19.4. The summed E-state index contributed by atoms with van der Waals surface area (Å²) < 4.78 is 31.8. The van der Waals surface area contributed by atoms with Crippen LogP contribution in [0.5, 0.6) is 11.5 Å². The molecule has 0 saturated heterocycles. The lowest BCUT2D eigenvalue weighted by molar-refractivity contribution is -0.179. The van der Waals surface area contributed by atoms with Gasteiger partial charge in [-0.3, -0.25) is 0 Å². The highest BCUT2D eigenvalue weighted by Crippen LogP contribution is 2.24. The molecule has 0 aromatic heterocycles. The lowest BCUT2D eigenvalue weighted by atomic mass is 10.0. The van der Waals surface area contributed by atoms with Gasteiger partial charge in [0.2, 0.25) is 0 Å². The number of rotatable bonds is 24. The molecule has 4 unspecified atom stereocenters. The molecule has 3 aromatic rings. The highest BCUT2D eigenvalue weighted by molar-refractivity contribution is 5.93. The van der Waals surface area contributed by atoms with Crippen LogP contribution in [0.25, 0.3) is 11.1 Å². The molecule has 0 radical (unpaired) electrons. The molecule has 0 N–H and O–H groups in total. The molecule has 11 nitrogen and oxygen atoms in total. The van der Waals surface area contributed by atoms with Gasteiger partial charge in [0.1, 0.15) is 11.5 Å². The van der Waals surface area contributed by atoms with Gasteiger partial charge >= 0.3 is 29.8 Å². The number of esters is 5. The number of benzene rings is 3. The summed E-state index contributed by atoms with van der Waals surface area (Å²) in [4.78, 5) is 62.5. The first-order valence-corrected chi connectivity index (χ1v) is 19.5. The first-order valence-electron chi connectivity index (χ1n) is 19.5. The molecule has 0 aliphatic rings. The Morgan fingerprint density at radius 1 is 0.571 bits per heavy atom. The molecule has 0 aliphatic carbocycles. The zero-order valence-corrected chi connectivity index (χ0v) is 33.3. The largest absolute Gasteiger partial charge is 0.494 e. The third-order valence-corrected chi connectivity index (χ3v) is 9.00. The van der Waals surface area contributed by atoms with Crippen molar-refractivity contribution in [3.05, 3.63) is 96.6 Å². The van der Waals surface area contributed by atoms with Crippen molar-refractivity contribution in [1.29, 1.82) is 0 Å². The zero-order chi connectivity index (χ0) is 40.9. The van der Waals surface area contributed by atoms with E-state index in [1.54, 1.807) is 12.1 Å². The van der Waals surface area contributed by atoms with Gasteiger partial charge in [0, 0.05) is 0 Å². The Balaban J connectivity index is 1.40. The zero-order valence-electron chi connectivity index (χ0n) is 33.3. The minimum absolute atomic E-state index is 0.0865. The first-order chi connectivity index (χ1) is 26.9. The quantitative estimate of drug-likeness (QED) is 0.0283. The van der Waals surface area contributed by atoms with Crippen LogP contribution in [0.2, 0.25) is 0 Å². The summed E-state index contributed by atoms with van der Waals surface area (Å²) in [6.45, 7) is 12.4. The van der Waals surface area contributed by atoms with Crippen LogP contribution in [0.3, 0.4) is 0 Å². The number of carbonyl (C=O) groups is 5.